The fraction of sp³-hybridized carbons (Fsp3) is 0.355. The molecule has 8 nitrogen and oxygen atoms in total. The summed E-state index contributed by atoms with van der Waals surface area (Å²) >= 11 is 0. The molecule has 2 saturated heterocycles. The van der Waals surface area contributed by atoms with Gasteiger partial charge in [-0.3, -0.25) is 14.6 Å². The van der Waals surface area contributed by atoms with Crippen LogP contribution in [0.25, 0.3) is 6.08 Å². The number of methoxy groups -OCH3 is 2. The maximum atomic E-state index is 13.9. The number of benzene rings is 2. The van der Waals surface area contributed by atoms with Crippen LogP contribution in [0.2, 0.25) is 0 Å². The SMILES string of the molecule is COc1cc(CN2CCC3(CC2)C(=O)N(C/C=C/c2ccccc2)C(=O)N3CCn2cccc2)cc(OC)c1. The van der Waals surface area contributed by atoms with E-state index >= 15 is 0 Å². The van der Waals surface area contributed by atoms with Crippen molar-refractivity contribution in [2.45, 2.75) is 31.5 Å². The van der Waals surface area contributed by atoms with E-state index in [-0.39, 0.29) is 18.5 Å². The second-order valence-electron chi connectivity index (χ2n) is 10.1. The predicted molar refractivity (Wildman–Crippen MR) is 151 cm³/mol. The number of nitrogens with zero attached hydrogens (tertiary/aromatic N) is 4. The average Bonchev–Trinajstić information content (AvgIpc) is 3.55. The zero-order chi connectivity index (χ0) is 27.2. The number of piperidine rings is 1. The number of hydrogen-bond acceptors (Lipinski definition) is 5. The van der Waals surface area contributed by atoms with Gasteiger partial charge in [0.15, 0.2) is 0 Å². The van der Waals surface area contributed by atoms with E-state index in [1.807, 2.05) is 90.1 Å². The third kappa shape index (κ3) is 5.71. The first-order valence-electron chi connectivity index (χ1n) is 13.4. The standard InChI is InChI=1S/C31H36N4O4/c1-38-27-21-26(22-28(23-27)39-2)24-33-17-12-31(13-18-33)29(36)34(16-8-11-25-9-4-3-5-10-25)30(37)35(31)20-19-32-14-6-7-15-32/h3-11,14-15,21-23H,12-13,16-20,24H2,1-2H3/b11-8+. The molecule has 2 aromatic carbocycles. The van der Waals surface area contributed by atoms with Gasteiger partial charge in [-0.25, -0.2) is 4.79 Å². The minimum absolute atomic E-state index is 0.0829. The normalized spacial score (nSPS) is 17.5. The predicted octanol–water partition coefficient (Wildman–Crippen LogP) is 4.52. The molecular formula is C31H36N4O4. The van der Waals surface area contributed by atoms with Crippen LogP contribution in [0.15, 0.2) is 79.1 Å². The Morgan fingerprint density at radius 3 is 2.18 bits per heavy atom. The highest BCUT2D eigenvalue weighted by molar-refractivity contribution is 6.07. The topological polar surface area (TPSA) is 67.2 Å². The summed E-state index contributed by atoms with van der Waals surface area (Å²) in [5.74, 6) is 1.43. The number of urea groups is 1. The van der Waals surface area contributed by atoms with Crippen molar-refractivity contribution < 1.29 is 19.1 Å². The summed E-state index contributed by atoms with van der Waals surface area (Å²) in [6.07, 6.45) is 9.04. The molecule has 204 valence electrons. The van der Waals surface area contributed by atoms with Crippen molar-refractivity contribution in [2.75, 3.05) is 40.4 Å². The van der Waals surface area contributed by atoms with Crippen molar-refractivity contribution >= 4 is 18.0 Å². The minimum Gasteiger partial charge on any atom is -0.497 e. The van der Waals surface area contributed by atoms with Gasteiger partial charge < -0.3 is 18.9 Å². The molecular weight excluding hydrogens is 492 g/mol. The third-order valence-corrected chi connectivity index (χ3v) is 7.77. The zero-order valence-electron chi connectivity index (χ0n) is 22.7. The number of hydrogen-bond donors (Lipinski definition) is 0. The van der Waals surface area contributed by atoms with Crippen molar-refractivity contribution in [3.63, 3.8) is 0 Å². The molecule has 5 rings (SSSR count). The van der Waals surface area contributed by atoms with E-state index in [0.717, 1.165) is 29.2 Å². The Labute approximate surface area is 230 Å². The maximum Gasteiger partial charge on any atom is 0.328 e. The van der Waals surface area contributed by atoms with E-state index in [0.29, 0.717) is 39.0 Å². The van der Waals surface area contributed by atoms with Crippen LogP contribution in [0.5, 0.6) is 11.5 Å². The number of amides is 3. The molecule has 2 fully saturated rings. The van der Waals surface area contributed by atoms with Crippen LogP contribution < -0.4 is 9.47 Å². The van der Waals surface area contributed by atoms with Gasteiger partial charge in [-0.2, -0.15) is 0 Å². The van der Waals surface area contributed by atoms with Gasteiger partial charge in [0.05, 0.1) is 14.2 Å². The molecule has 8 heteroatoms. The van der Waals surface area contributed by atoms with Gasteiger partial charge in [-0.15, -0.1) is 0 Å². The number of ether oxygens (including phenoxy) is 2. The number of carbonyl (C=O) groups excluding carboxylic acids is 2. The molecule has 39 heavy (non-hydrogen) atoms. The van der Waals surface area contributed by atoms with Gasteiger partial charge in [0.2, 0.25) is 0 Å². The molecule has 3 amide bonds. The van der Waals surface area contributed by atoms with E-state index in [1.54, 1.807) is 14.2 Å². The van der Waals surface area contributed by atoms with Gasteiger partial charge in [-0.1, -0.05) is 42.5 Å². The Kier molecular flexibility index (Phi) is 8.02. The van der Waals surface area contributed by atoms with Gasteiger partial charge in [0, 0.05) is 57.7 Å². The number of rotatable bonds is 10. The lowest BCUT2D eigenvalue weighted by atomic mass is 9.85. The highest BCUT2D eigenvalue weighted by Gasteiger charge is 2.57. The van der Waals surface area contributed by atoms with Crippen molar-refractivity contribution in [3.8, 4) is 11.5 Å². The highest BCUT2D eigenvalue weighted by atomic mass is 16.5. The van der Waals surface area contributed by atoms with Crippen LogP contribution in [-0.2, 0) is 17.9 Å². The quantitative estimate of drug-likeness (QED) is 0.362. The Morgan fingerprint density at radius 1 is 0.872 bits per heavy atom. The van der Waals surface area contributed by atoms with Crippen LogP contribution in [0, 0.1) is 0 Å². The van der Waals surface area contributed by atoms with Crippen molar-refractivity contribution in [3.05, 3.63) is 90.3 Å². The maximum absolute atomic E-state index is 13.9. The van der Waals surface area contributed by atoms with Crippen molar-refractivity contribution in [1.82, 2.24) is 19.3 Å². The monoisotopic (exact) mass is 528 g/mol. The minimum atomic E-state index is -0.812. The number of aromatic nitrogens is 1. The Balaban J connectivity index is 1.31. The molecule has 2 aliphatic rings. The van der Waals surface area contributed by atoms with Crippen molar-refractivity contribution in [1.29, 1.82) is 0 Å². The molecule has 3 aromatic rings. The van der Waals surface area contributed by atoms with Gasteiger partial charge >= 0.3 is 6.03 Å². The Hall–Kier alpha value is -4.04. The van der Waals surface area contributed by atoms with E-state index < -0.39 is 5.54 Å². The van der Waals surface area contributed by atoms with Crippen LogP contribution in [0.1, 0.15) is 24.0 Å². The summed E-state index contributed by atoms with van der Waals surface area (Å²) in [7, 11) is 3.30. The smallest absolute Gasteiger partial charge is 0.328 e. The molecule has 0 radical (unpaired) electrons. The van der Waals surface area contributed by atoms with Crippen LogP contribution in [0.4, 0.5) is 4.79 Å². The molecule has 1 spiro atoms. The van der Waals surface area contributed by atoms with Crippen molar-refractivity contribution in [2.24, 2.45) is 0 Å². The van der Waals surface area contributed by atoms with Gasteiger partial charge in [0.1, 0.15) is 17.0 Å². The lowest BCUT2D eigenvalue weighted by Crippen LogP contribution is -2.57. The second-order valence-corrected chi connectivity index (χ2v) is 10.1. The molecule has 2 aliphatic heterocycles. The fourth-order valence-corrected chi connectivity index (χ4v) is 5.63. The highest BCUT2D eigenvalue weighted by Crippen LogP contribution is 2.38. The lowest BCUT2D eigenvalue weighted by molar-refractivity contribution is -0.135. The Morgan fingerprint density at radius 2 is 1.54 bits per heavy atom. The van der Waals surface area contributed by atoms with Crippen LogP contribution >= 0.6 is 0 Å². The summed E-state index contributed by atoms with van der Waals surface area (Å²) in [4.78, 5) is 33.2. The first kappa shape index (κ1) is 26.6. The van der Waals surface area contributed by atoms with Gasteiger partial charge in [0.25, 0.3) is 5.91 Å². The zero-order valence-corrected chi connectivity index (χ0v) is 22.7. The summed E-state index contributed by atoms with van der Waals surface area (Å²) in [5.41, 5.74) is 1.32. The van der Waals surface area contributed by atoms with E-state index in [4.69, 9.17) is 9.47 Å². The number of imide groups is 1. The van der Waals surface area contributed by atoms with Gasteiger partial charge in [-0.05, 0) is 48.2 Å². The van der Waals surface area contributed by atoms with Crippen LogP contribution in [0.3, 0.4) is 0 Å². The lowest BCUT2D eigenvalue weighted by Gasteiger charge is -2.42. The molecule has 0 unspecified atom stereocenters. The first-order valence-corrected chi connectivity index (χ1v) is 13.4. The summed E-state index contributed by atoms with van der Waals surface area (Å²) in [6.45, 7) is 3.55. The number of likely N-dealkylation sites (tertiary alicyclic amines) is 1. The summed E-state index contributed by atoms with van der Waals surface area (Å²) in [5, 5.41) is 0. The largest absolute Gasteiger partial charge is 0.497 e. The third-order valence-electron chi connectivity index (χ3n) is 7.77. The molecule has 3 heterocycles. The molecule has 0 saturated carbocycles. The summed E-state index contributed by atoms with van der Waals surface area (Å²) < 4.78 is 12.9. The molecule has 0 N–H and O–H groups in total. The fourth-order valence-electron chi connectivity index (χ4n) is 5.63. The first-order chi connectivity index (χ1) is 19.0. The molecule has 0 bridgehead atoms. The second kappa shape index (κ2) is 11.8. The van der Waals surface area contributed by atoms with E-state index in [2.05, 4.69) is 9.47 Å². The number of carbonyl (C=O) groups is 2. The Bertz CT molecular complexity index is 1280. The summed E-state index contributed by atoms with van der Waals surface area (Å²) in [6, 6.07) is 19.6. The van der Waals surface area contributed by atoms with E-state index in [9.17, 15) is 9.59 Å². The average molecular weight is 529 g/mol. The van der Waals surface area contributed by atoms with E-state index in [1.165, 1.54) is 4.90 Å². The molecule has 0 aliphatic carbocycles. The molecule has 1 aromatic heterocycles. The van der Waals surface area contributed by atoms with Crippen LogP contribution in [-0.4, -0.2) is 77.1 Å². The molecule has 0 atom stereocenters.